The van der Waals surface area contributed by atoms with Gasteiger partial charge in [0, 0.05) is 39.5 Å². The monoisotopic (exact) mass is 494 g/mol. The van der Waals surface area contributed by atoms with Crippen LogP contribution in [0.15, 0.2) is 30.5 Å². The summed E-state index contributed by atoms with van der Waals surface area (Å²) in [5, 5.41) is 15.0. The summed E-state index contributed by atoms with van der Waals surface area (Å²) in [6, 6.07) is 1.23. The molecular formula is C23H27ClFN7O2. The largest absolute Gasteiger partial charge is 0.480 e. The molecule has 0 radical (unpaired) electrons. The molecule has 1 aliphatic heterocycles. The van der Waals surface area contributed by atoms with Crippen LogP contribution in [0.4, 0.5) is 16.0 Å². The summed E-state index contributed by atoms with van der Waals surface area (Å²) >= 11 is 5.86. The zero-order valence-corrected chi connectivity index (χ0v) is 19.0. The first-order chi connectivity index (χ1) is 19.2. The van der Waals surface area contributed by atoms with Gasteiger partial charge < -0.3 is 19.7 Å². The minimum Gasteiger partial charge on any atom is -0.480 e. The number of rotatable bonds is 7. The number of halogens is 2. The second-order valence-corrected chi connectivity index (χ2v) is 8.69. The van der Waals surface area contributed by atoms with Crippen molar-refractivity contribution in [1.29, 1.82) is 0 Å². The van der Waals surface area contributed by atoms with Crippen molar-refractivity contribution in [3.63, 3.8) is 0 Å². The normalized spacial score (nSPS) is 25.8. The van der Waals surface area contributed by atoms with Gasteiger partial charge in [-0.3, -0.25) is 0 Å². The molecule has 1 saturated heterocycles. The highest BCUT2D eigenvalue weighted by Crippen LogP contribution is 2.40. The van der Waals surface area contributed by atoms with Crippen molar-refractivity contribution in [3.8, 4) is 17.6 Å². The number of aromatic nitrogens is 5. The van der Waals surface area contributed by atoms with E-state index in [1.807, 2.05) is 6.07 Å². The molecule has 34 heavy (non-hydrogen) atoms. The topological polar surface area (TPSA) is 90.2 Å². The van der Waals surface area contributed by atoms with Gasteiger partial charge in [-0.2, -0.15) is 10.1 Å². The molecule has 3 atom stereocenters. The minimum atomic E-state index is -3.36. The van der Waals surface area contributed by atoms with Crippen molar-refractivity contribution in [3.05, 3.63) is 41.3 Å². The summed E-state index contributed by atoms with van der Waals surface area (Å²) in [7, 11) is 1.52. The molecule has 0 amide bonds. The summed E-state index contributed by atoms with van der Waals surface area (Å²) in [4.78, 5) is 6.44. The zero-order chi connectivity index (χ0) is 29.7. The Labute approximate surface area is 212 Å². The Morgan fingerprint density at radius 1 is 1.26 bits per heavy atom. The van der Waals surface area contributed by atoms with E-state index in [2.05, 4.69) is 30.5 Å². The number of benzene rings is 1. The molecule has 1 aromatic carbocycles. The van der Waals surface area contributed by atoms with Gasteiger partial charge in [0.2, 0.25) is 11.8 Å². The maximum atomic E-state index is 13.7. The molecular weight excluding hydrogens is 461 g/mol. The van der Waals surface area contributed by atoms with Gasteiger partial charge in [-0.15, -0.1) is 10.2 Å². The highest BCUT2D eigenvalue weighted by molar-refractivity contribution is 6.30. The summed E-state index contributed by atoms with van der Waals surface area (Å²) in [5.41, 5.74) is 0.873. The first-order valence-corrected chi connectivity index (χ1v) is 11.1. The number of nitrogens with zero attached hydrogens (tertiary/aromatic N) is 6. The number of ether oxygens (including phenoxy) is 2. The van der Waals surface area contributed by atoms with Crippen molar-refractivity contribution in [1.82, 2.24) is 25.0 Å². The van der Waals surface area contributed by atoms with E-state index in [-0.39, 0.29) is 34.6 Å². The van der Waals surface area contributed by atoms with E-state index >= 15 is 0 Å². The van der Waals surface area contributed by atoms with Crippen LogP contribution >= 0.6 is 11.6 Å². The predicted molar refractivity (Wildman–Crippen MR) is 126 cm³/mol. The van der Waals surface area contributed by atoms with Crippen LogP contribution in [0.5, 0.6) is 17.6 Å². The number of methoxy groups -OCH3 is 1. The third kappa shape index (κ3) is 4.46. The summed E-state index contributed by atoms with van der Waals surface area (Å²) < 4.78 is 81.1. The second kappa shape index (κ2) is 9.25. The number of piperidine rings is 1. The number of fused-ring (bicyclic) bond motifs is 2. The van der Waals surface area contributed by atoms with E-state index in [1.54, 1.807) is 6.20 Å². The summed E-state index contributed by atoms with van der Waals surface area (Å²) in [6.45, 7) is -5.36. The molecule has 180 valence electrons. The fraction of sp³-hybridized carbons (Fsp3) is 0.478. The molecule has 3 aromatic rings. The molecule has 0 spiro atoms. The Kier molecular flexibility index (Phi) is 4.27. The second-order valence-electron chi connectivity index (χ2n) is 8.29. The Morgan fingerprint density at radius 3 is 2.76 bits per heavy atom. The quantitative estimate of drug-likeness (QED) is 0.511. The van der Waals surface area contributed by atoms with Gasteiger partial charge in [0.15, 0.2) is 0 Å². The predicted octanol–water partition coefficient (Wildman–Crippen LogP) is 4.57. The lowest BCUT2D eigenvalue weighted by atomic mass is 9.92. The lowest BCUT2D eigenvalue weighted by molar-refractivity contribution is 0.372. The SMILES string of the molecule is [2H]C([2H])([2H])C([2H])(n1nc(N[C@H]2[C@@H]3CC[C@H]2CN(c2cnnc(OC)c2)C3)nc1Oc1ccc(F)c(Cl)c1)C([2H])([2H])[2H]. The Hall–Kier alpha value is -3.14. The van der Waals surface area contributed by atoms with Gasteiger partial charge in [0.1, 0.15) is 11.6 Å². The molecule has 1 aliphatic carbocycles. The molecule has 0 unspecified atom stereocenters. The number of hydrogen-bond acceptors (Lipinski definition) is 8. The average Bonchev–Trinajstić information content (AvgIpc) is 3.39. The van der Waals surface area contributed by atoms with E-state index in [9.17, 15) is 4.39 Å². The van der Waals surface area contributed by atoms with E-state index < -0.39 is 31.5 Å². The van der Waals surface area contributed by atoms with Crippen molar-refractivity contribution < 1.29 is 23.5 Å². The minimum absolute atomic E-state index is 0.0511. The van der Waals surface area contributed by atoms with Gasteiger partial charge in [-0.1, -0.05) is 11.6 Å². The first-order valence-electron chi connectivity index (χ1n) is 14.2. The first kappa shape index (κ1) is 15.7. The van der Waals surface area contributed by atoms with E-state index in [0.717, 1.165) is 30.7 Å². The fourth-order valence-corrected chi connectivity index (χ4v) is 4.82. The molecule has 5 rings (SSSR count). The number of hydrogen-bond donors (Lipinski definition) is 1. The number of anilines is 2. The van der Waals surface area contributed by atoms with Crippen LogP contribution in [0.25, 0.3) is 0 Å². The lowest BCUT2D eigenvalue weighted by Gasteiger charge is -2.39. The molecule has 9 nitrogen and oxygen atoms in total. The van der Waals surface area contributed by atoms with Gasteiger partial charge >= 0.3 is 6.01 Å². The van der Waals surface area contributed by atoms with Crippen LogP contribution in [0.3, 0.4) is 0 Å². The van der Waals surface area contributed by atoms with Crippen molar-refractivity contribution >= 4 is 23.2 Å². The molecule has 2 aliphatic rings. The highest BCUT2D eigenvalue weighted by atomic mass is 35.5. The Balaban J connectivity index is 1.46. The maximum absolute atomic E-state index is 13.7. The molecule has 2 fully saturated rings. The molecule has 1 N–H and O–H groups in total. The number of nitrogens with one attached hydrogen (secondary N) is 1. The van der Waals surface area contributed by atoms with Crippen LogP contribution < -0.4 is 19.7 Å². The van der Waals surface area contributed by atoms with Gasteiger partial charge in [0.25, 0.3) is 0 Å². The van der Waals surface area contributed by atoms with E-state index in [1.165, 1.54) is 13.2 Å². The summed E-state index contributed by atoms with van der Waals surface area (Å²) in [5.74, 6) is -0.171. The van der Waals surface area contributed by atoms with E-state index in [4.69, 9.17) is 30.7 Å². The van der Waals surface area contributed by atoms with Gasteiger partial charge in [-0.05, 0) is 50.5 Å². The van der Waals surface area contributed by atoms with Crippen molar-refractivity contribution in [2.75, 3.05) is 30.4 Å². The van der Waals surface area contributed by atoms with Gasteiger partial charge in [-0.25, -0.2) is 9.07 Å². The van der Waals surface area contributed by atoms with Crippen molar-refractivity contribution in [2.45, 2.75) is 38.6 Å². The lowest BCUT2D eigenvalue weighted by Crippen LogP contribution is -2.48. The molecule has 2 bridgehead atoms. The Bertz CT molecular complexity index is 1400. The van der Waals surface area contributed by atoms with Gasteiger partial charge in [0.05, 0.1) is 31.4 Å². The van der Waals surface area contributed by atoms with Crippen LogP contribution in [0.2, 0.25) is 5.02 Å². The van der Waals surface area contributed by atoms with Crippen LogP contribution in [0.1, 0.15) is 42.2 Å². The molecule has 11 heteroatoms. The standard InChI is InChI=1S/C23H27ClFN7O2/c1-13(2)32-23(34-17-6-7-19(25)18(24)9-17)28-22(30-32)27-21-14-4-5-15(21)12-31(11-14)16-8-20(33-3)29-26-10-16/h6-10,13-15,21H,4-5,11-12H2,1-3H3,(H,27,30)/t14-,15+,21+/i1D3,2D3,13D. The van der Waals surface area contributed by atoms with Crippen LogP contribution in [0, 0.1) is 17.7 Å². The fourth-order valence-electron chi connectivity index (χ4n) is 4.64. The molecule has 3 heterocycles. The third-order valence-corrected chi connectivity index (χ3v) is 6.50. The van der Waals surface area contributed by atoms with Crippen molar-refractivity contribution in [2.24, 2.45) is 11.8 Å². The van der Waals surface area contributed by atoms with E-state index in [0.29, 0.717) is 23.7 Å². The summed E-state index contributed by atoms with van der Waals surface area (Å²) in [6.07, 6.45) is 3.47. The average molecular weight is 495 g/mol. The third-order valence-electron chi connectivity index (χ3n) is 6.21. The van der Waals surface area contributed by atoms with Crippen LogP contribution in [-0.4, -0.2) is 51.2 Å². The highest BCUT2D eigenvalue weighted by Gasteiger charge is 2.43. The zero-order valence-electron chi connectivity index (χ0n) is 25.2. The Morgan fingerprint density at radius 2 is 2.06 bits per heavy atom. The maximum Gasteiger partial charge on any atom is 0.322 e. The van der Waals surface area contributed by atoms with Crippen LogP contribution in [-0.2, 0) is 0 Å². The smallest absolute Gasteiger partial charge is 0.322 e. The molecule has 1 saturated carbocycles. The molecule has 2 aromatic heterocycles.